The lowest BCUT2D eigenvalue weighted by Gasteiger charge is -2.42. The molecule has 2 aliphatic rings. The van der Waals surface area contributed by atoms with E-state index >= 15 is 0 Å². The molecule has 2 fully saturated rings. The van der Waals surface area contributed by atoms with Gasteiger partial charge in [0.25, 0.3) is 0 Å². The first-order chi connectivity index (χ1) is 8.56. The van der Waals surface area contributed by atoms with Crippen molar-refractivity contribution in [1.82, 2.24) is 0 Å². The van der Waals surface area contributed by atoms with Crippen LogP contribution >= 0.6 is 0 Å². The lowest BCUT2D eigenvalue weighted by atomic mass is 9.61. The van der Waals surface area contributed by atoms with Crippen LogP contribution in [0.25, 0.3) is 0 Å². The second-order valence-electron chi connectivity index (χ2n) is 6.84. The van der Waals surface area contributed by atoms with Gasteiger partial charge in [0.05, 0.1) is 5.41 Å². The van der Waals surface area contributed by atoms with Crippen molar-refractivity contribution in [1.29, 1.82) is 0 Å². The van der Waals surface area contributed by atoms with Gasteiger partial charge in [-0.3, -0.25) is 4.79 Å². The van der Waals surface area contributed by atoms with E-state index in [1.54, 1.807) is 0 Å². The van der Waals surface area contributed by atoms with Crippen LogP contribution in [0, 0.1) is 23.2 Å². The van der Waals surface area contributed by atoms with Crippen molar-refractivity contribution in [3.8, 4) is 0 Å². The van der Waals surface area contributed by atoms with Crippen LogP contribution in [-0.2, 0) is 4.79 Å². The summed E-state index contributed by atoms with van der Waals surface area (Å²) in [6, 6.07) is 0. The van der Waals surface area contributed by atoms with Crippen LogP contribution in [0.15, 0.2) is 0 Å². The molecular weight excluding hydrogens is 224 g/mol. The summed E-state index contributed by atoms with van der Waals surface area (Å²) in [6.07, 6.45) is 10.0. The van der Waals surface area contributed by atoms with Gasteiger partial charge in [0.15, 0.2) is 0 Å². The first-order valence-corrected chi connectivity index (χ1v) is 7.79. The van der Waals surface area contributed by atoms with E-state index in [1.165, 1.54) is 19.3 Å². The van der Waals surface area contributed by atoms with Crippen LogP contribution in [0.1, 0.15) is 71.6 Å². The van der Waals surface area contributed by atoms with Gasteiger partial charge in [0, 0.05) is 0 Å². The maximum absolute atomic E-state index is 11.9. The van der Waals surface area contributed by atoms with Crippen molar-refractivity contribution in [2.75, 3.05) is 0 Å². The molecule has 0 saturated heterocycles. The molecular formula is C16H28O2. The van der Waals surface area contributed by atoms with Crippen molar-refractivity contribution < 1.29 is 9.90 Å². The van der Waals surface area contributed by atoms with E-state index in [0.717, 1.165) is 44.4 Å². The molecule has 0 radical (unpaired) electrons. The Morgan fingerprint density at radius 3 is 2.11 bits per heavy atom. The number of hydrogen-bond acceptors (Lipinski definition) is 1. The van der Waals surface area contributed by atoms with E-state index in [1.807, 2.05) is 0 Å². The highest BCUT2D eigenvalue weighted by Crippen LogP contribution is 2.49. The van der Waals surface area contributed by atoms with Gasteiger partial charge in [-0.05, 0) is 43.4 Å². The molecule has 0 aromatic rings. The van der Waals surface area contributed by atoms with Gasteiger partial charge >= 0.3 is 5.97 Å². The minimum Gasteiger partial charge on any atom is -0.481 e. The average molecular weight is 252 g/mol. The largest absolute Gasteiger partial charge is 0.481 e. The fourth-order valence-corrected chi connectivity index (χ4v) is 4.21. The highest BCUT2D eigenvalue weighted by atomic mass is 16.4. The Hall–Kier alpha value is -0.530. The highest BCUT2D eigenvalue weighted by Gasteiger charge is 2.47. The number of rotatable bonds is 2. The average Bonchev–Trinajstić information content (AvgIpc) is 2.59. The molecule has 2 rings (SSSR count). The normalized spacial score (nSPS) is 36.9. The minimum atomic E-state index is -0.504. The molecule has 0 bridgehead atoms. The number of hydrogen-bond donors (Lipinski definition) is 1. The lowest BCUT2D eigenvalue weighted by Crippen LogP contribution is -2.41. The number of carboxylic acid groups (broad SMARTS) is 1. The van der Waals surface area contributed by atoms with Crippen molar-refractivity contribution in [3.63, 3.8) is 0 Å². The molecule has 0 aliphatic heterocycles. The van der Waals surface area contributed by atoms with Crippen LogP contribution in [0.3, 0.4) is 0 Å². The summed E-state index contributed by atoms with van der Waals surface area (Å²) >= 11 is 0. The molecule has 2 heteroatoms. The van der Waals surface area contributed by atoms with E-state index in [0.29, 0.717) is 11.8 Å². The number of aliphatic carboxylic acids is 1. The van der Waals surface area contributed by atoms with Gasteiger partial charge in [-0.15, -0.1) is 0 Å². The summed E-state index contributed by atoms with van der Waals surface area (Å²) in [5, 5.41) is 9.82. The molecule has 3 unspecified atom stereocenters. The summed E-state index contributed by atoms with van der Waals surface area (Å²) in [4.78, 5) is 11.9. The van der Waals surface area contributed by atoms with Crippen LogP contribution in [-0.4, -0.2) is 11.1 Å². The first-order valence-electron chi connectivity index (χ1n) is 7.79. The third-order valence-electron chi connectivity index (χ3n) is 5.80. The molecule has 2 aliphatic carbocycles. The second kappa shape index (κ2) is 5.63. The van der Waals surface area contributed by atoms with Gasteiger partial charge in [-0.25, -0.2) is 0 Å². The molecule has 104 valence electrons. The topological polar surface area (TPSA) is 37.3 Å². The molecule has 0 heterocycles. The molecule has 0 spiro atoms. The molecule has 1 N–H and O–H groups in total. The van der Waals surface area contributed by atoms with E-state index in [4.69, 9.17) is 0 Å². The third kappa shape index (κ3) is 2.57. The van der Waals surface area contributed by atoms with Crippen LogP contribution in [0.4, 0.5) is 0 Å². The van der Waals surface area contributed by atoms with Gasteiger partial charge in [0.1, 0.15) is 0 Å². The monoisotopic (exact) mass is 252 g/mol. The Balaban J connectivity index is 2.16. The quantitative estimate of drug-likeness (QED) is 0.735. The van der Waals surface area contributed by atoms with Gasteiger partial charge < -0.3 is 5.11 Å². The Labute approximate surface area is 111 Å². The van der Waals surface area contributed by atoms with E-state index < -0.39 is 5.97 Å². The third-order valence-corrected chi connectivity index (χ3v) is 5.80. The number of carboxylic acids is 1. The molecule has 2 nitrogen and oxygen atoms in total. The Bertz CT molecular complexity index is 289. The first kappa shape index (κ1) is 13.9. The maximum Gasteiger partial charge on any atom is 0.309 e. The highest BCUT2D eigenvalue weighted by molar-refractivity contribution is 5.75. The fourth-order valence-electron chi connectivity index (χ4n) is 4.21. The van der Waals surface area contributed by atoms with Crippen molar-refractivity contribution >= 4 is 5.97 Å². The molecule has 0 aromatic carbocycles. The van der Waals surface area contributed by atoms with Gasteiger partial charge in [-0.2, -0.15) is 0 Å². The van der Waals surface area contributed by atoms with Crippen molar-refractivity contribution in [2.45, 2.75) is 71.6 Å². The lowest BCUT2D eigenvalue weighted by molar-refractivity contribution is -0.155. The van der Waals surface area contributed by atoms with E-state index in [-0.39, 0.29) is 5.41 Å². The van der Waals surface area contributed by atoms with Crippen LogP contribution < -0.4 is 0 Å². The zero-order chi connectivity index (χ0) is 13.2. The van der Waals surface area contributed by atoms with Crippen LogP contribution in [0.2, 0.25) is 0 Å². The summed E-state index contributed by atoms with van der Waals surface area (Å²) in [7, 11) is 0. The maximum atomic E-state index is 11.9. The Morgan fingerprint density at radius 2 is 1.61 bits per heavy atom. The fraction of sp³-hybridized carbons (Fsp3) is 0.938. The number of carbonyl (C=O) groups is 1. The SMILES string of the molecule is CC1CCC(C2(C(=O)O)CCCCCC2)CC1C. The minimum absolute atomic E-state index is 0.384. The second-order valence-corrected chi connectivity index (χ2v) is 6.84. The van der Waals surface area contributed by atoms with Crippen molar-refractivity contribution in [3.05, 3.63) is 0 Å². The predicted octanol–water partition coefficient (Wildman–Crippen LogP) is 4.48. The summed E-state index contributed by atoms with van der Waals surface area (Å²) < 4.78 is 0. The molecule has 3 atom stereocenters. The Morgan fingerprint density at radius 1 is 1.00 bits per heavy atom. The molecule has 2 saturated carbocycles. The zero-order valence-corrected chi connectivity index (χ0v) is 12.0. The van der Waals surface area contributed by atoms with E-state index in [9.17, 15) is 9.90 Å². The molecule has 0 aromatic heterocycles. The predicted molar refractivity (Wildman–Crippen MR) is 73.4 cm³/mol. The molecule has 18 heavy (non-hydrogen) atoms. The summed E-state index contributed by atoms with van der Waals surface area (Å²) in [5.41, 5.74) is -0.384. The molecule has 0 amide bonds. The van der Waals surface area contributed by atoms with Crippen molar-refractivity contribution in [2.24, 2.45) is 23.2 Å². The summed E-state index contributed by atoms with van der Waals surface area (Å²) in [5.74, 6) is 1.40. The smallest absolute Gasteiger partial charge is 0.309 e. The zero-order valence-electron chi connectivity index (χ0n) is 12.0. The van der Waals surface area contributed by atoms with Gasteiger partial charge in [-0.1, -0.05) is 46.0 Å². The Kier molecular flexibility index (Phi) is 4.34. The van der Waals surface area contributed by atoms with Crippen LogP contribution in [0.5, 0.6) is 0 Å². The summed E-state index contributed by atoms with van der Waals surface area (Å²) in [6.45, 7) is 4.63. The standard InChI is InChI=1S/C16H28O2/c1-12-7-8-14(11-13(12)2)16(15(17)18)9-5-3-4-6-10-16/h12-14H,3-11H2,1-2H3,(H,17,18). The van der Waals surface area contributed by atoms with Gasteiger partial charge in [0.2, 0.25) is 0 Å². The van der Waals surface area contributed by atoms with E-state index in [2.05, 4.69) is 13.8 Å².